The monoisotopic (exact) mass is 354 g/mol. The Morgan fingerprint density at radius 1 is 1.04 bits per heavy atom. The average molecular weight is 354 g/mol. The maximum atomic E-state index is 5.50. The fourth-order valence-electron chi connectivity index (χ4n) is 4.34. The molecule has 5 heteroatoms. The lowest BCUT2D eigenvalue weighted by atomic mass is 10.0. The molecule has 2 aliphatic heterocycles. The van der Waals surface area contributed by atoms with E-state index in [4.69, 9.17) is 9.72 Å². The second-order valence-corrected chi connectivity index (χ2v) is 7.70. The first-order chi connectivity index (χ1) is 12.7. The number of aromatic nitrogens is 1. The highest BCUT2D eigenvalue weighted by Gasteiger charge is 2.26. The number of hydrogen-bond acceptors (Lipinski definition) is 5. The van der Waals surface area contributed by atoms with Gasteiger partial charge in [0.1, 0.15) is 5.82 Å². The lowest BCUT2D eigenvalue weighted by molar-refractivity contribution is 0.000255. The molecule has 1 aromatic heterocycles. The van der Waals surface area contributed by atoms with Crippen molar-refractivity contribution in [1.82, 2.24) is 14.8 Å². The molecule has 0 unspecified atom stereocenters. The van der Waals surface area contributed by atoms with Crippen molar-refractivity contribution in [1.29, 1.82) is 0 Å². The summed E-state index contributed by atoms with van der Waals surface area (Å²) in [6, 6.07) is 9.40. The van der Waals surface area contributed by atoms with Crippen LogP contribution in [0.1, 0.15) is 18.4 Å². The van der Waals surface area contributed by atoms with Gasteiger partial charge in [-0.05, 0) is 36.9 Å². The highest BCUT2D eigenvalue weighted by atomic mass is 16.5. The summed E-state index contributed by atoms with van der Waals surface area (Å²) in [4.78, 5) is 12.1. The van der Waals surface area contributed by atoms with Gasteiger partial charge in [-0.2, -0.15) is 0 Å². The van der Waals surface area contributed by atoms with Crippen LogP contribution in [0.15, 0.2) is 30.5 Å². The van der Waals surface area contributed by atoms with Gasteiger partial charge in [0.2, 0.25) is 0 Å². The van der Waals surface area contributed by atoms with E-state index in [1.165, 1.54) is 42.3 Å². The molecule has 26 heavy (non-hydrogen) atoms. The summed E-state index contributed by atoms with van der Waals surface area (Å²) < 4.78 is 5.50. The first kappa shape index (κ1) is 17.7. The van der Waals surface area contributed by atoms with E-state index < -0.39 is 0 Å². The van der Waals surface area contributed by atoms with E-state index in [0.717, 1.165) is 44.7 Å². The summed E-state index contributed by atoms with van der Waals surface area (Å²) in [5.74, 6) is 1.05. The minimum Gasteiger partial charge on any atom is -0.379 e. The molecule has 0 radical (unpaired) electrons. The summed E-state index contributed by atoms with van der Waals surface area (Å²) in [7, 11) is 4.12. The Morgan fingerprint density at radius 3 is 2.42 bits per heavy atom. The third-order valence-electron chi connectivity index (χ3n) is 5.79. The Balaban J connectivity index is 1.44. The zero-order valence-corrected chi connectivity index (χ0v) is 16.0. The van der Waals surface area contributed by atoms with Gasteiger partial charge < -0.3 is 9.64 Å². The van der Waals surface area contributed by atoms with Gasteiger partial charge in [0.15, 0.2) is 0 Å². The molecule has 0 aliphatic carbocycles. The van der Waals surface area contributed by atoms with Crippen molar-refractivity contribution in [3.63, 3.8) is 0 Å². The molecule has 4 rings (SSSR count). The van der Waals surface area contributed by atoms with Crippen molar-refractivity contribution in [2.75, 3.05) is 58.4 Å². The number of benzene rings is 1. The Bertz CT molecular complexity index is 734. The summed E-state index contributed by atoms with van der Waals surface area (Å²) >= 11 is 0. The van der Waals surface area contributed by atoms with Crippen molar-refractivity contribution in [2.24, 2.45) is 0 Å². The molecule has 2 aromatic rings. The molecule has 1 aromatic carbocycles. The quantitative estimate of drug-likeness (QED) is 0.843. The third-order valence-corrected chi connectivity index (χ3v) is 5.79. The molecule has 0 amide bonds. The van der Waals surface area contributed by atoms with Crippen LogP contribution in [-0.2, 0) is 11.3 Å². The molecule has 0 atom stereocenters. The summed E-state index contributed by atoms with van der Waals surface area (Å²) in [6.45, 7) is 7.34. The number of piperidine rings is 1. The van der Waals surface area contributed by atoms with Crippen LogP contribution < -0.4 is 4.90 Å². The molecule has 2 saturated heterocycles. The highest BCUT2D eigenvalue weighted by Crippen LogP contribution is 2.28. The molecule has 2 fully saturated rings. The Hall–Kier alpha value is -1.69. The van der Waals surface area contributed by atoms with Gasteiger partial charge >= 0.3 is 0 Å². The zero-order valence-electron chi connectivity index (χ0n) is 16.0. The summed E-state index contributed by atoms with van der Waals surface area (Å²) in [5, 5.41) is 2.58. The van der Waals surface area contributed by atoms with Crippen LogP contribution in [0.2, 0.25) is 0 Å². The number of nitrogens with zero attached hydrogens (tertiary/aromatic N) is 4. The van der Waals surface area contributed by atoms with Crippen LogP contribution in [-0.4, -0.2) is 74.3 Å². The molecule has 0 spiro atoms. The van der Waals surface area contributed by atoms with Gasteiger partial charge in [-0.3, -0.25) is 9.80 Å². The molecular weight excluding hydrogens is 324 g/mol. The van der Waals surface area contributed by atoms with E-state index in [1.807, 2.05) is 0 Å². The largest absolute Gasteiger partial charge is 0.379 e. The molecular formula is C21H30N4O. The molecule has 2 aliphatic rings. The molecule has 0 N–H and O–H groups in total. The minimum absolute atomic E-state index is 0.737. The lowest BCUT2D eigenvalue weighted by Gasteiger charge is -2.40. The SMILES string of the molecule is CN(C)c1ncc(CN2CCC(N3CCOCC3)CC2)c2ccccc12. The molecule has 0 bridgehead atoms. The number of fused-ring (bicyclic) bond motifs is 1. The number of hydrogen-bond donors (Lipinski definition) is 0. The third kappa shape index (κ3) is 3.70. The van der Waals surface area contributed by atoms with Gasteiger partial charge in [0, 0.05) is 51.4 Å². The predicted molar refractivity (Wildman–Crippen MR) is 107 cm³/mol. The van der Waals surface area contributed by atoms with Gasteiger partial charge in [0.25, 0.3) is 0 Å². The summed E-state index contributed by atoms with van der Waals surface area (Å²) in [5.41, 5.74) is 1.34. The Morgan fingerprint density at radius 2 is 1.73 bits per heavy atom. The van der Waals surface area contributed by atoms with Crippen molar-refractivity contribution in [2.45, 2.75) is 25.4 Å². The average Bonchev–Trinajstić information content (AvgIpc) is 2.69. The van der Waals surface area contributed by atoms with Crippen molar-refractivity contribution >= 4 is 16.6 Å². The maximum Gasteiger partial charge on any atom is 0.135 e. The highest BCUT2D eigenvalue weighted by molar-refractivity contribution is 5.94. The Kier molecular flexibility index (Phi) is 5.38. The van der Waals surface area contributed by atoms with Crippen molar-refractivity contribution in [3.8, 4) is 0 Å². The van der Waals surface area contributed by atoms with Crippen LogP contribution >= 0.6 is 0 Å². The number of likely N-dealkylation sites (tertiary alicyclic amines) is 1. The van der Waals surface area contributed by atoms with Gasteiger partial charge in [-0.15, -0.1) is 0 Å². The van der Waals surface area contributed by atoms with E-state index >= 15 is 0 Å². The number of rotatable bonds is 4. The summed E-state index contributed by atoms with van der Waals surface area (Å²) in [6.07, 6.45) is 4.61. The molecule has 3 heterocycles. The first-order valence-corrected chi connectivity index (χ1v) is 9.80. The fourth-order valence-corrected chi connectivity index (χ4v) is 4.34. The second kappa shape index (κ2) is 7.91. The topological polar surface area (TPSA) is 31.8 Å². The van der Waals surface area contributed by atoms with Crippen LogP contribution in [0.5, 0.6) is 0 Å². The maximum absolute atomic E-state index is 5.50. The number of anilines is 1. The van der Waals surface area contributed by atoms with Gasteiger partial charge in [-0.25, -0.2) is 4.98 Å². The smallest absolute Gasteiger partial charge is 0.135 e. The fraction of sp³-hybridized carbons (Fsp3) is 0.571. The van der Waals surface area contributed by atoms with Crippen LogP contribution in [0.4, 0.5) is 5.82 Å². The van der Waals surface area contributed by atoms with E-state index in [2.05, 4.69) is 59.3 Å². The second-order valence-electron chi connectivity index (χ2n) is 7.70. The zero-order chi connectivity index (χ0) is 17.9. The number of morpholine rings is 1. The van der Waals surface area contributed by atoms with Crippen LogP contribution in [0, 0.1) is 0 Å². The van der Waals surface area contributed by atoms with E-state index in [0.29, 0.717) is 0 Å². The van der Waals surface area contributed by atoms with Gasteiger partial charge in [0.05, 0.1) is 13.2 Å². The molecule has 5 nitrogen and oxygen atoms in total. The van der Waals surface area contributed by atoms with Crippen LogP contribution in [0.3, 0.4) is 0 Å². The van der Waals surface area contributed by atoms with E-state index in [9.17, 15) is 0 Å². The lowest BCUT2D eigenvalue weighted by Crippen LogP contribution is -2.48. The van der Waals surface area contributed by atoms with Crippen molar-refractivity contribution in [3.05, 3.63) is 36.0 Å². The molecule has 0 saturated carbocycles. The normalized spacial score (nSPS) is 20.5. The standard InChI is InChI=1S/C21H30N4O/c1-23(2)21-20-6-4-3-5-19(20)17(15-22-21)16-24-9-7-18(8-10-24)25-11-13-26-14-12-25/h3-6,15,18H,7-14,16H2,1-2H3. The Labute approximate surface area is 156 Å². The van der Waals surface area contributed by atoms with Crippen molar-refractivity contribution < 1.29 is 4.74 Å². The minimum atomic E-state index is 0.737. The van der Waals surface area contributed by atoms with Crippen LogP contribution in [0.25, 0.3) is 10.8 Å². The van der Waals surface area contributed by atoms with E-state index in [-0.39, 0.29) is 0 Å². The number of pyridine rings is 1. The first-order valence-electron chi connectivity index (χ1n) is 9.80. The van der Waals surface area contributed by atoms with E-state index in [1.54, 1.807) is 0 Å². The predicted octanol–water partition coefficient (Wildman–Crippen LogP) is 2.60. The number of ether oxygens (including phenoxy) is 1. The van der Waals surface area contributed by atoms with Gasteiger partial charge in [-0.1, -0.05) is 24.3 Å². The molecule has 140 valence electrons.